The zero-order valence-electron chi connectivity index (χ0n) is 11.4. The Labute approximate surface area is 108 Å². The van der Waals surface area contributed by atoms with Crippen LogP contribution < -0.4 is 5.32 Å². The van der Waals surface area contributed by atoms with Crippen LogP contribution in [0.1, 0.15) is 40.0 Å². The lowest BCUT2D eigenvalue weighted by atomic mass is 9.74. The van der Waals surface area contributed by atoms with E-state index in [1.54, 1.807) is 0 Å². The van der Waals surface area contributed by atoms with Crippen molar-refractivity contribution >= 4 is 5.97 Å². The Morgan fingerprint density at radius 3 is 2.72 bits per heavy atom. The van der Waals surface area contributed by atoms with E-state index in [1.807, 2.05) is 6.92 Å². The molecule has 1 atom stereocenters. The molecule has 102 valence electrons. The maximum absolute atomic E-state index is 12.3. The van der Waals surface area contributed by atoms with Crippen LogP contribution in [0.2, 0.25) is 0 Å². The van der Waals surface area contributed by atoms with E-state index in [0.29, 0.717) is 19.7 Å². The van der Waals surface area contributed by atoms with Gasteiger partial charge in [-0.3, -0.25) is 4.79 Å². The summed E-state index contributed by atoms with van der Waals surface area (Å²) < 4.78 is 5.22. The summed E-state index contributed by atoms with van der Waals surface area (Å²) in [6, 6.07) is 0. The van der Waals surface area contributed by atoms with Crippen molar-refractivity contribution in [1.29, 1.82) is 0 Å². The Morgan fingerprint density at radius 2 is 2.22 bits per heavy atom. The second-order valence-electron chi connectivity index (χ2n) is 5.24. The number of hydrogen-bond acceptors (Lipinski definition) is 4. The second kappa shape index (κ2) is 6.07. The Hall–Kier alpha value is -1.26. The normalized spacial score (nSPS) is 25.5. The molecule has 1 saturated carbocycles. The summed E-state index contributed by atoms with van der Waals surface area (Å²) in [5.74, 6) is -0.187. The quantitative estimate of drug-likeness (QED) is 0.259. The van der Waals surface area contributed by atoms with E-state index >= 15 is 0 Å². The molecule has 0 spiro atoms. The summed E-state index contributed by atoms with van der Waals surface area (Å²) in [5.41, 5.74) is 7.47. The van der Waals surface area contributed by atoms with Gasteiger partial charge in [-0.15, -0.1) is 0 Å². The first-order valence-electron chi connectivity index (χ1n) is 6.43. The minimum absolute atomic E-state index is 0.143. The highest BCUT2D eigenvalue weighted by atomic mass is 16.5. The molecule has 1 N–H and O–H groups in total. The molecule has 0 aromatic heterocycles. The number of carbonyl (C=O) groups excluding carboxylic acids is 1. The van der Waals surface area contributed by atoms with Crippen LogP contribution in [0.3, 0.4) is 0 Å². The first-order chi connectivity index (χ1) is 8.50. The highest BCUT2D eigenvalue weighted by Gasteiger charge is 2.54. The maximum atomic E-state index is 12.3. The lowest BCUT2D eigenvalue weighted by Crippen LogP contribution is -2.59. The Morgan fingerprint density at radius 1 is 1.50 bits per heavy atom. The number of hydrogen-bond donors (Lipinski definition) is 1. The van der Waals surface area contributed by atoms with Gasteiger partial charge >= 0.3 is 5.97 Å². The van der Waals surface area contributed by atoms with Crippen molar-refractivity contribution < 1.29 is 9.53 Å². The number of esters is 1. The van der Waals surface area contributed by atoms with Crippen molar-refractivity contribution in [3.05, 3.63) is 10.4 Å². The van der Waals surface area contributed by atoms with E-state index in [1.165, 1.54) is 0 Å². The Balaban J connectivity index is 2.81. The zero-order chi connectivity index (χ0) is 13.6. The average Bonchev–Trinajstić information content (AvgIpc) is 2.61. The van der Waals surface area contributed by atoms with Crippen LogP contribution in [0.15, 0.2) is 5.11 Å². The molecule has 0 amide bonds. The monoisotopic (exact) mass is 254 g/mol. The largest absolute Gasteiger partial charge is 0.465 e. The molecule has 1 fully saturated rings. The van der Waals surface area contributed by atoms with Gasteiger partial charge in [0, 0.05) is 18.0 Å². The fourth-order valence-corrected chi connectivity index (χ4v) is 2.74. The number of ether oxygens (including phenoxy) is 1. The average molecular weight is 254 g/mol. The van der Waals surface area contributed by atoms with Gasteiger partial charge in [-0.2, -0.15) is 0 Å². The number of nitrogens with one attached hydrogen (secondary N) is 1. The number of azide groups is 1. The summed E-state index contributed by atoms with van der Waals surface area (Å²) in [4.78, 5) is 15.0. The van der Waals surface area contributed by atoms with Crippen molar-refractivity contribution in [2.75, 3.05) is 19.7 Å². The first kappa shape index (κ1) is 14.8. The van der Waals surface area contributed by atoms with Crippen molar-refractivity contribution in [2.24, 2.45) is 10.5 Å². The Bertz CT molecular complexity index is 350. The third kappa shape index (κ3) is 2.76. The summed E-state index contributed by atoms with van der Waals surface area (Å²) in [6.07, 6.45) is 2.76. The molecular formula is C12H22N4O2. The van der Waals surface area contributed by atoms with Crippen molar-refractivity contribution in [2.45, 2.75) is 45.6 Å². The summed E-state index contributed by atoms with van der Waals surface area (Å²) in [7, 11) is 0. The molecular weight excluding hydrogens is 232 g/mol. The van der Waals surface area contributed by atoms with Crippen LogP contribution in [-0.4, -0.2) is 31.2 Å². The maximum Gasteiger partial charge on any atom is 0.326 e. The van der Waals surface area contributed by atoms with Gasteiger partial charge in [-0.05, 0) is 30.7 Å². The molecule has 0 aliphatic heterocycles. The Kier molecular flexibility index (Phi) is 4.99. The van der Waals surface area contributed by atoms with E-state index in [2.05, 4.69) is 29.2 Å². The molecule has 0 aromatic rings. The first-order valence-corrected chi connectivity index (χ1v) is 6.43. The van der Waals surface area contributed by atoms with E-state index in [4.69, 9.17) is 10.3 Å². The molecule has 0 bridgehead atoms. The summed E-state index contributed by atoms with van der Waals surface area (Å²) >= 11 is 0. The molecule has 1 aliphatic rings. The molecule has 6 nitrogen and oxygen atoms in total. The smallest absolute Gasteiger partial charge is 0.326 e. The molecule has 0 radical (unpaired) electrons. The number of carbonyl (C=O) groups is 1. The van der Waals surface area contributed by atoms with Gasteiger partial charge in [0.25, 0.3) is 0 Å². The van der Waals surface area contributed by atoms with Crippen LogP contribution in [0.5, 0.6) is 0 Å². The molecule has 6 heteroatoms. The van der Waals surface area contributed by atoms with Crippen molar-refractivity contribution in [3.63, 3.8) is 0 Å². The van der Waals surface area contributed by atoms with Crippen LogP contribution >= 0.6 is 0 Å². The minimum atomic E-state index is -0.645. The van der Waals surface area contributed by atoms with Gasteiger partial charge in [0.15, 0.2) is 0 Å². The fourth-order valence-electron chi connectivity index (χ4n) is 2.74. The summed E-state index contributed by atoms with van der Waals surface area (Å²) in [6.45, 7) is 7.19. The van der Waals surface area contributed by atoms with E-state index in [0.717, 1.165) is 19.3 Å². The van der Waals surface area contributed by atoms with E-state index in [-0.39, 0.29) is 11.4 Å². The topological polar surface area (TPSA) is 87.1 Å². The van der Waals surface area contributed by atoms with Crippen molar-refractivity contribution in [3.8, 4) is 0 Å². The third-order valence-electron chi connectivity index (χ3n) is 3.83. The molecule has 1 aliphatic carbocycles. The molecule has 0 saturated heterocycles. The predicted molar refractivity (Wildman–Crippen MR) is 69.0 cm³/mol. The van der Waals surface area contributed by atoms with Crippen LogP contribution in [-0.2, 0) is 9.53 Å². The van der Waals surface area contributed by atoms with Gasteiger partial charge in [-0.1, -0.05) is 25.4 Å². The van der Waals surface area contributed by atoms with Gasteiger partial charge in [0.1, 0.15) is 5.54 Å². The lowest BCUT2D eigenvalue weighted by molar-refractivity contribution is -0.155. The standard InChI is InChI=1S/C12H22N4O2/c1-4-18-10(17)12(14-8-9-15-16-13)7-5-6-11(12,2)3/h14H,4-9H2,1-3H3. The van der Waals surface area contributed by atoms with Gasteiger partial charge in [0.05, 0.1) is 6.61 Å². The highest BCUT2D eigenvalue weighted by molar-refractivity contribution is 5.82. The second-order valence-corrected chi connectivity index (χ2v) is 5.24. The molecule has 0 aromatic carbocycles. The van der Waals surface area contributed by atoms with Crippen LogP contribution in [0, 0.1) is 5.41 Å². The summed E-state index contributed by atoms with van der Waals surface area (Å²) in [5, 5.41) is 6.75. The molecule has 1 unspecified atom stereocenters. The molecule has 0 heterocycles. The minimum Gasteiger partial charge on any atom is -0.465 e. The predicted octanol–water partition coefficient (Wildman–Crippen LogP) is 2.40. The third-order valence-corrected chi connectivity index (χ3v) is 3.83. The van der Waals surface area contributed by atoms with E-state index < -0.39 is 5.54 Å². The van der Waals surface area contributed by atoms with E-state index in [9.17, 15) is 4.79 Å². The zero-order valence-corrected chi connectivity index (χ0v) is 11.4. The van der Waals surface area contributed by atoms with Gasteiger partial charge in [-0.25, -0.2) is 0 Å². The number of nitrogens with zero attached hydrogens (tertiary/aromatic N) is 3. The van der Waals surface area contributed by atoms with Crippen LogP contribution in [0.25, 0.3) is 10.4 Å². The number of rotatable bonds is 6. The van der Waals surface area contributed by atoms with Gasteiger partial charge in [0.2, 0.25) is 0 Å². The van der Waals surface area contributed by atoms with Crippen LogP contribution in [0.4, 0.5) is 0 Å². The molecule has 1 rings (SSSR count). The fraction of sp³-hybridized carbons (Fsp3) is 0.917. The van der Waals surface area contributed by atoms with Gasteiger partial charge < -0.3 is 10.1 Å². The van der Waals surface area contributed by atoms with Crippen molar-refractivity contribution in [1.82, 2.24) is 5.32 Å². The molecule has 18 heavy (non-hydrogen) atoms. The SMILES string of the molecule is CCOC(=O)C1(NCCN=[N+]=[N-])CCCC1(C)C. The highest BCUT2D eigenvalue weighted by Crippen LogP contribution is 2.46. The lowest BCUT2D eigenvalue weighted by Gasteiger charge is -2.40.